The van der Waals surface area contributed by atoms with Crippen LogP contribution in [0.4, 0.5) is 0 Å². The van der Waals surface area contributed by atoms with E-state index < -0.39 is 0 Å². The minimum Gasteiger partial charge on any atom is -0.384 e. The number of ketones is 1. The molecule has 9 heavy (non-hydrogen) atoms. The number of methoxy groups -OCH3 is 2. The van der Waals surface area contributed by atoms with E-state index in [1.807, 2.05) is 0 Å². The lowest BCUT2D eigenvalue weighted by Crippen LogP contribution is -2.08. The Kier molecular flexibility index (Phi) is 5.46. The van der Waals surface area contributed by atoms with Crippen molar-refractivity contribution < 1.29 is 14.3 Å². The Hall–Kier alpha value is -0.410. The molecule has 0 rings (SSSR count). The monoisotopic (exact) mass is 132 g/mol. The normalized spacial score (nSPS) is 9.56. The lowest BCUT2D eigenvalue weighted by atomic mass is 10.3. The summed E-state index contributed by atoms with van der Waals surface area (Å²) >= 11 is 0. The lowest BCUT2D eigenvalue weighted by molar-refractivity contribution is -0.123. The third-order valence-electron chi connectivity index (χ3n) is 0.890. The van der Waals surface area contributed by atoms with Gasteiger partial charge >= 0.3 is 0 Å². The predicted octanol–water partition coefficient (Wildman–Crippen LogP) is 0.238. The van der Waals surface area contributed by atoms with E-state index >= 15 is 0 Å². The van der Waals surface area contributed by atoms with E-state index in [2.05, 4.69) is 9.47 Å². The van der Waals surface area contributed by atoms with Crippen LogP contribution < -0.4 is 0 Å². The molecule has 0 aromatic rings. The smallest absolute Gasteiger partial charge is 0.160 e. The van der Waals surface area contributed by atoms with Crippen LogP contribution in [0.1, 0.15) is 6.42 Å². The Labute approximate surface area is 55.0 Å². The largest absolute Gasteiger partial charge is 0.384 e. The van der Waals surface area contributed by atoms with Crippen molar-refractivity contribution >= 4 is 5.78 Å². The summed E-state index contributed by atoms with van der Waals surface area (Å²) in [4.78, 5) is 10.6. The Bertz CT molecular complexity index is 80.4. The molecule has 0 unspecified atom stereocenters. The van der Waals surface area contributed by atoms with Gasteiger partial charge in [0.1, 0.15) is 6.61 Å². The fraction of sp³-hybridized carbons (Fsp3) is 0.833. The van der Waals surface area contributed by atoms with Crippen molar-refractivity contribution in [1.29, 1.82) is 0 Å². The highest BCUT2D eigenvalue weighted by atomic mass is 16.5. The Morgan fingerprint density at radius 1 is 1.33 bits per heavy atom. The van der Waals surface area contributed by atoms with Crippen LogP contribution in [0.3, 0.4) is 0 Å². The van der Waals surface area contributed by atoms with Gasteiger partial charge in [-0.05, 0) is 0 Å². The molecule has 3 heteroatoms. The molecule has 0 aliphatic rings. The van der Waals surface area contributed by atoms with Crippen molar-refractivity contribution in [2.75, 3.05) is 27.4 Å². The van der Waals surface area contributed by atoms with Crippen LogP contribution in [0.25, 0.3) is 0 Å². The molecule has 0 saturated heterocycles. The highest BCUT2D eigenvalue weighted by Crippen LogP contribution is 1.83. The zero-order valence-corrected chi connectivity index (χ0v) is 5.85. The fourth-order valence-corrected chi connectivity index (χ4v) is 0.449. The van der Waals surface area contributed by atoms with E-state index in [4.69, 9.17) is 0 Å². The number of ether oxygens (including phenoxy) is 2. The van der Waals surface area contributed by atoms with E-state index in [0.717, 1.165) is 0 Å². The maximum absolute atomic E-state index is 10.6. The Morgan fingerprint density at radius 2 is 2.00 bits per heavy atom. The highest BCUT2D eigenvalue weighted by molar-refractivity contribution is 5.79. The third kappa shape index (κ3) is 5.46. The van der Waals surface area contributed by atoms with Gasteiger partial charge in [0.25, 0.3) is 0 Å². The van der Waals surface area contributed by atoms with Crippen LogP contribution in [-0.2, 0) is 14.3 Å². The molecule has 0 bridgehead atoms. The number of Topliss-reactive ketones (excluding diaryl/α,β-unsaturated/α-hetero) is 1. The number of carbonyl (C=O) groups is 1. The van der Waals surface area contributed by atoms with Crippen molar-refractivity contribution in [2.24, 2.45) is 0 Å². The maximum Gasteiger partial charge on any atom is 0.160 e. The van der Waals surface area contributed by atoms with E-state index in [-0.39, 0.29) is 12.4 Å². The molecule has 0 aliphatic carbocycles. The fourth-order valence-electron chi connectivity index (χ4n) is 0.449. The quantitative estimate of drug-likeness (QED) is 0.537. The predicted molar refractivity (Wildman–Crippen MR) is 33.4 cm³/mol. The first-order chi connectivity index (χ1) is 4.31. The number of hydrogen-bond donors (Lipinski definition) is 0. The summed E-state index contributed by atoms with van der Waals surface area (Å²) in [6.45, 7) is 0.686. The van der Waals surface area contributed by atoms with Crippen molar-refractivity contribution in [3.05, 3.63) is 0 Å². The molecular formula is C6H12O3. The topological polar surface area (TPSA) is 35.5 Å². The van der Waals surface area contributed by atoms with Crippen LogP contribution >= 0.6 is 0 Å². The SMILES string of the molecule is COCCC(=O)COC. The first-order valence-corrected chi connectivity index (χ1v) is 2.81. The van der Waals surface area contributed by atoms with Crippen LogP contribution in [-0.4, -0.2) is 33.2 Å². The summed E-state index contributed by atoms with van der Waals surface area (Å²) in [5, 5.41) is 0. The molecule has 0 N–H and O–H groups in total. The molecule has 3 nitrogen and oxygen atoms in total. The van der Waals surface area contributed by atoms with E-state index in [9.17, 15) is 4.79 Å². The van der Waals surface area contributed by atoms with Crippen LogP contribution in [0, 0.1) is 0 Å². The van der Waals surface area contributed by atoms with E-state index in [1.165, 1.54) is 7.11 Å². The molecule has 0 aromatic heterocycles. The van der Waals surface area contributed by atoms with Gasteiger partial charge in [-0.25, -0.2) is 0 Å². The maximum atomic E-state index is 10.6. The first kappa shape index (κ1) is 8.59. The van der Waals surface area contributed by atoms with Crippen molar-refractivity contribution in [1.82, 2.24) is 0 Å². The molecule has 0 heterocycles. The zero-order chi connectivity index (χ0) is 7.11. The summed E-state index contributed by atoms with van der Waals surface area (Å²) in [7, 11) is 3.07. The second-order valence-electron chi connectivity index (χ2n) is 1.71. The first-order valence-electron chi connectivity index (χ1n) is 2.81. The summed E-state index contributed by atoms with van der Waals surface area (Å²) in [6, 6.07) is 0. The summed E-state index contributed by atoms with van der Waals surface area (Å²) in [5.41, 5.74) is 0. The molecule has 0 fully saturated rings. The van der Waals surface area contributed by atoms with Gasteiger partial charge in [0.15, 0.2) is 5.78 Å². The van der Waals surface area contributed by atoms with Gasteiger partial charge < -0.3 is 9.47 Å². The van der Waals surface area contributed by atoms with E-state index in [1.54, 1.807) is 7.11 Å². The molecule has 0 amide bonds. The van der Waals surface area contributed by atoms with Crippen LogP contribution in [0.2, 0.25) is 0 Å². The molecule has 54 valence electrons. The molecule has 0 spiro atoms. The highest BCUT2D eigenvalue weighted by Gasteiger charge is 1.97. The minimum absolute atomic E-state index is 0.0827. The summed E-state index contributed by atoms with van der Waals surface area (Å²) in [5.74, 6) is 0.0827. The lowest BCUT2D eigenvalue weighted by Gasteiger charge is -1.96. The van der Waals surface area contributed by atoms with Crippen LogP contribution in [0.15, 0.2) is 0 Å². The second kappa shape index (κ2) is 5.72. The summed E-state index contributed by atoms with van der Waals surface area (Å²) < 4.78 is 9.28. The van der Waals surface area contributed by atoms with Crippen molar-refractivity contribution in [3.63, 3.8) is 0 Å². The number of hydrogen-bond acceptors (Lipinski definition) is 3. The van der Waals surface area contributed by atoms with Crippen LogP contribution in [0.5, 0.6) is 0 Å². The average Bonchev–Trinajstić information content (AvgIpc) is 1.85. The zero-order valence-electron chi connectivity index (χ0n) is 5.85. The van der Waals surface area contributed by atoms with E-state index in [0.29, 0.717) is 13.0 Å². The molecule has 0 radical (unpaired) electrons. The van der Waals surface area contributed by atoms with Crippen molar-refractivity contribution in [2.45, 2.75) is 6.42 Å². The van der Waals surface area contributed by atoms with Gasteiger partial charge in [0.2, 0.25) is 0 Å². The Morgan fingerprint density at radius 3 is 2.44 bits per heavy atom. The second-order valence-corrected chi connectivity index (χ2v) is 1.71. The molecule has 0 atom stereocenters. The van der Waals surface area contributed by atoms with Gasteiger partial charge in [-0.1, -0.05) is 0 Å². The average molecular weight is 132 g/mol. The molecular weight excluding hydrogens is 120 g/mol. The molecule has 0 saturated carbocycles. The van der Waals surface area contributed by atoms with Gasteiger partial charge in [0, 0.05) is 20.6 Å². The standard InChI is InChI=1S/C6H12O3/c1-8-4-3-6(7)5-9-2/h3-5H2,1-2H3. The number of rotatable bonds is 5. The minimum atomic E-state index is 0.0827. The van der Waals surface area contributed by atoms with Gasteiger partial charge in [0.05, 0.1) is 6.61 Å². The Balaban J connectivity index is 3.06. The molecule has 0 aromatic carbocycles. The van der Waals surface area contributed by atoms with Gasteiger partial charge in [-0.2, -0.15) is 0 Å². The van der Waals surface area contributed by atoms with Gasteiger partial charge in [-0.3, -0.25) is 4.79 Å². The number of carbonyl (C=O) groups excluding carboxylic acids is 1. The third-order valence-corrected chi connectivity index (χ3v) is 0.890. The van der Waals surface area contributed by atoms with Crippen molar-refractivity contribution in [3.8, 4) is 0 Å². The summed E-state index contributed by atoms with van der Waals surface area (Å²) in [6.07, 6.45) is 0.449. The van der Waals surface area contributed by atoms with Gasteiger partial charge in [-0.15, -0.1) is 0 Å². The molecule has 0 aliphatic heterocycles.